The molecule has 2 N–H and O–H groups in total. The first-order chi connectivity index (χ1) is 13.0. The summed E-state index contributed by atoms with van der Waals surface area (Å²) in [5, 5.41) is 6.40. The Labute approximate surface area is 162 Å². The number of sulfone groups is 1. The summed E-state index contributed by atoms with van der Waals surface area (Å²) in [4.78, 5) is 14.4. The average molecular weight is 394 g/mol. The smallest absolute Gasteiger partial charge is 0.237 e. The van der Waals surface area contributed by atoms with Crippen molar-refractivity contribution in [2.45, 2.75) is 31.7 Å². The zero-order chi connectivity index (χ0) is 19.1. The lowest BCUT2D eigenvalue weighted by molar-refractivity contribution is -0.123. The molecule has 2 unspecified atom stereocenters. The summed E-state index contributed by atoms with van der Waals surface area (Å²) in [6.45, 7) is 3.34. The zero-order valence-electron chi connectivity index (χ0n) is 15.9. The van der Waals surface area contributed by atoms with Crippen molar-refractivity contribution in [3.8, 4) is 0 Å². The van der Waals surface area contributed by atoms with Crippen LogP contribution in [0.25, 0.3) is 0 Å². The molecule has 1 aromatic rings. The van der Waals surface area contributed by atoms with Gasteiger partial charge in [-0.05, 0) is 43.7 Å². The number of carbonyl (C=O) groups is 1. The first kappa shape index (κ1) is 20.3. The van der Waals surface area contributed by atoms with Crippen molar-refractivity contribution in [1.82, 2.24) is 15.5 Å². The first-order valence-corrected chi connectivity index (χ1v) is 11.8. The number of carbonyl (C=O) groups excluding carboxylic acids is 1. The maximum Gasteiger partial charge on any atom is 0.237 e. The van der Waals surface area contributed by atoms with Gasteiger partial charge in [0.15, 0.2) is 9.84 Å². The van der Waals surface area contributed by atoms with Gasteiger partial charge in [-0.2, -0.15) is 0 Å². The lowest BCUT2D eigenvalue weighted by atomic mass is 9.89. The van der Waals surface area contributed by atoms with Crippen LogP contribution >= 0.6 is 0 Å². The minimum Gasteiger partial charge on any atom is -0.353 e. The predicted octanol–water partition coefficient (Wildman–Crippen LogP) is 0.834. The van der Waals surface area contributed by atoms with Gasteiger partial charge < -0.3 is 10.6 Å². The molecule has 1 amide bonds. The summed E-state index contributed by atoms with van der Waals surface area (Å²) in [7, 11) is -2.84. The Morgan fingerprint density at radius 2 is 1.89 bits per heavy atom. The van der Waals surface area contributed by atoms with Gasteiger partial charge in [0, 0.05) is 26.2 Å². The summed E-state index contributed by atoms with van der Waals surface area (Å²) < 4.78 is 22.9. The molecule has 6 nitrogen and oxygen atoms in total. The standard InChI is InChI=1S/C20H31N3O3S/c24-20(21-10-11-23-12-14-27(25,26)15-13-23)19-9-8-18(16-22-19)7-6-17-4-2-1-3-5-17/h1-5,18-19,22H,6-16H2,(H,21,24). The Balaban J connectivity index is 1.29. The molecule has 2 saturated heterocycles. The maximum atomic E-state index is 12.3. The second-order valence-electron chi connectivity index (χ2n) is 7.71. The van der Waals surface area contributed by atoms with Crippen molar-refractivity contribution in [1.29, 1.82) is 0 Å². The molecule has 2 fully saturated rings. The fraction of sp³-hybridized carbons (Fsp3) is 0.650. The summed E-state index contributed by atoms with van der Waals surface area (Å²) in [6, 6.07) is 10.4. The fourth-order valence-corrected chi connectivity index (χ4v) is 5.11. The molecular formula is C20H31N3O3S. The van der Waals surface area contributed by atoms with Gasteiger partial charge in [-0.3, -0.25) is 9.69 Å². The highest BCUT2D eigenvalue weighted by atomic mass is 32.2. The average Bonchev–Trinajstić information content (AvgIpc) is 2.69. The van der Waals surface area contributed by atoms with Crippen molar-refractivity contribution in [2.75, 3.05) is 44.2 Å². The van der Waals surface area contributed by atoms with Gasteiger partial charge in [-0.25, -0.2) is 8.42 Å². The molecule has 1 aromatic carbocycles. The van der Waals surface area contributed by atoms with E-state index in [-0.39, 0.29) is 23.5 Å². The molecule has 0 bridgehead atoms. The summed E-state index contributed by atoms with van der Waals surface area (Å²) >= 11 is 0. The molecule has 150 valence electrons. The predicted molar refractivity (Wildman–Crippen MR) is 107 cm³/mol. The number of benzene rings is 1. The highest BCUT2D eigenvalue weighted by molar-refractivity contribution is 7.91. The van der Waals surface area contributed by atoms with Gasteiger partial charge >= 0.3 is 0 Å². The molecule has 0 radical (unpaired) electrons. The number of nitrogens with zero attached hydrogens (tertiary/aromatic N) is 1. The first-order valence-electron chi connectivity index (χ1n) is 10.00. The Morgan fingerprint density at radius 1 is 1.15 bits per heavy atom. The molecule has 0 saturated carbocycles. The molecule has 2 heterocycles. The quantitative estimate of drug-likeness (QED) is 0.718. The van der Waals surface area contributed by atoms with Crippen LogP contribution in [-0.4, -0.2) is 69.5 Å². The van der Waals surface area contributed by atoms with Gasteiger partial charge in [0.05, 0.1) is 17.5 Å². The van der Waals surface area contributed by atoms with Crippen LogP contribution in [0.2, 0.25) is 0 Å². The number of aryl methyl sites for hydroxylation is 1. The van der Waals surface area contributed by atoms with Crippen LogP contribution in [0.3, 0.4) is 0 Å². The van der Waals surface area contributed by atoms with E-state index in [1.165, 1.54) is 5.56 Å². The van der Waals surface area contributed by atoms with E-state index < -0.39 is 9.84 Å². The van der Waals surface area contributed by atoms with E-state index in [0.29, 0.717) is 32.1 Å². The van der Waals surface area contributed by atoms with Crippen molar-refractivity contribution in [3.63, 3.8) is 0 Å². The molecule has 7 heteroatoms. The van der Waals surface area contributed by atoms with E-state index >= 15 is 0 Å². The summed E-state index contributed by atoms with van der Waals surface area (Å²) in [5.41, 5.74) is 1.38. The van der Waals surface area contributed by atoms with Gasteiger partial charge in [-0.1, -0.05) is 30.3 Å². The van der Waals surface area contributed by atoms with Crippen LogP contribution in [0.4, 0.5) is 0 Å². The third-order valence-corrected chi connectivity index (χ3v) is 7.29. The minimum atomic E-state index is -2.84. The highest BCUT2D eigenvalue weighted by Crippen LogP contribution is 2.20. The molecule has 0 aromatic heterocycles. The second kappa shape index (κ2) is 9.66. The van der Waals surface area contributed by atoms with Crippen LogP contribution in [0.1, 0.15) is 24.8 Å². The Kier molecular flexibility index (Phi) is 7.26. The minimum absolute atomic E-state index is 0.0705. The van der Waals surface area contributed by atoms with Crippen molar-refractivity contribution >= 4 is 15.7 Å². The monoisotopic (exact) mass is 393 g/mol. The maximum absolute atomic E-state index is 12.3. The third-order valence-electron chi connectivity index (χ3n) is 5.68. The van der Waals surface area contributed by atoms with Crippen molar-refractivity contribution in [3.05, 3.63) is 35.9 Å². The SMILES string of the molecule is O=C(NCCN1CCS(=O)(=O)CC1)C1CCC(CCc2ccccc2)CN1. The summed E-state index contributed by atoms with van der Waals surface area (Å²) in [5.74, 6) is 1.16. The number of piperidine rings is 1. The third kappa shape index (κ3) is 6.59. The molecule has 2 atom stereocenters. The highest BCUT2D eigenvalue weighted by Gasteiger charge is 2.26. The number of amides is 1. The Morgan fingerprint density at radius 3 is 2.56 bits per heavy atom. The molecule has 27 heavy (non-hydrogen) atoms. The topological polar surface area (TPSA) is 78.5 Å². The summed E-state index contributed by atoms with van der Waals surface area (Å²) in [6.07, 6.45) is 4.22. The van der Waals surface area contributed by atoms with E-state index in [9.17, 15) is 13.2 Å². The lowest BCUT2D eigenvalue weighted by Crippen LogP contribution is -2.50. The Hall–Kier alpha value is -1.44. The number of nitrogens with one attached hydrogen (secondary N) is 2. The largest absolute Gasteiger partial charge is 0.353 e. The van der Waals surface area contributed by atoms with Crippen LogP contribution in [0.5, 0.6) is 0 Å². The lowest BCUT2D eigenvalue weighted by Gasteiger charge is -2.30. The molecule has 0 aliphatic carbocycles. The van der Waals surface area contributed by atoms with E-state index in [0.717, 1.165) is 32.2 Å². The van der Waals surface area contributed by atoms with Crippen LogP contribution in [0.15, 0.2) is 30.3 Å². The van der Waals surface area contributed by atoms with Crippen molar-refractivity contribution < 1.29 is 13.2 Å². The van der Waals surface area contributed by atoms with Gasteiger partial charge in [-0.15, -0.1) is 0 Å². The fourth-order valence-electron chi connectivity index (χ4n) is 3.84. The number of rotatable bonds is 7. The molecule has 2 aliphatic heterocycles. The number of hydrogen-bond acceptors (Lipinski definition) is 5. The van der Waals surface area contributed by atoms with Gasteiger partial charge in [0.2, 0.25) is 5.91 Å². The Bertz CT molecular complexity index is 686. The van der Waals surface area contributed by atoms with E-state index in [1.807, 2.05) is 6.07 Å². The molecular weight excluding hydrogens is 362 g/mol. The van der Waals surface area contributed by atoms with Crippen LogP contribution in [-0.2, 0) is 21.1 Å². The van der Waals surface area contributed by atoms with E-state index in [4.69, 9.17) is 0 Å². The second-order valence-corrected chi connectivity index (χ2v) is 10.0. The van der Waals surface area contributed by atoms with Gasteiger partial charge in [0.1, 0.15) is 0 Å². The van der Waals surface area contributed by atoms with Crippen LogP contribution in [0, 0.1) is 5.92 Å². The molecule has 0 spiro atoms. The molecule has 3 rings (SSSR count). The van der Waals surface area contributed by atoms with Crippen LogP contribution < -0.4 is 10.6 Å². The molecule has 2 aliphatic rings. The zero-order valence-corrected chi connectivity index (χ0v) is 16.7. The van der Waals surface area contributed by atoms with Gasteiger partial charge in [0.25, 0.3) is 0 Å². The normalized spacial score (nSPS) is 25.8. The van der Waals surface area contributed by atoms with E-state index in [2.05, 4.69) is 39.8 Å². The van der Waals surface area contributed by atoms with E-state index in [1.54, 1.807) is 0 Å². The number of hydrogen-bond donors (Lipinski definition) is 2. The van der Waals surface area contributed by atoms with Crippen molar-refractivity contribution in [2.24, 2.45) is 5.92 Å².